The van der Waals surface area contributed by atoms with E-state index in [-0.39, 0.29) is 6.04 Å². The van der Waals surface area contributed by atoms with Crippen molar-refractivity contribution in [2.75, 3.05) is 7.05 Å². The number of nitrogens with one attached hydrogen (secondary N) is 1. The average Bonchev–Trinajstić information content (AvgIpc) is 3.09. The van der Waals surface area contributed by atoms with Gasteiger partial charge in [0.05, 0.1) is 11.0 Å². The Bertz CT molecular complexity index is 1070. The molecule has 0 amide bonds. The molecule has 1 fully saturated rings. The zero-order valence-corrected chi connectivity index (χ0v) is 17.8. The largest absolute Gasteiger partial charge is 0.329 e. The zero-order valence-electron chi connectivity index (χ0n) is 17.0. The number of aromatic nitrogens is 2. The summed E-state index contributed by atoms with van der Waals surface area (Å²) in [6, 6.07) is 17.0. The van der Waals surface area contributed by atoms with Crippen molar-refractivity contribution in [2.45, 2.75) is 44.2 Å². The van der Waals surface area contributed by atoms with Gasteiger partial charge in [0.1, 0.15) is 11.9 Å². The summed E-state index contributed by atoms with van der Waals surface area (Å²) in [5, 5.41) is 0. The predicted octanol–water partition coefficient (Wildman–Crippen LogP) is 3.76. The summed E-state index contributed by atoms with van der Waals surface area (Å²) in [6.45, 7) is 0. The van der Waals surface area contributed by atoms with Gasteiger partial charge in [-0.1, -0.05) is 61.7 Å². The highest BCUT2D eigenvalue weighted by Gasteiger charge is 2.32. The normalized spacial score (nSPS) is 17.1. The fourth-order valence-corrected chi connectivity index (χ4v) is 5.52. The van der Waals surface area contributed by atoms with Gasteiger partial charge < -0.3 is 4.57 Å². The predicted molar refractivity (Wildman–Crippen MR) is 116 cm³/mol. The van der Waals surface area contributed by atoms with Crippen LogP contribution in [0.25, 0.3) is 11.0 Å². The van der Waals surface area contributed by atoms with Crippen molar-refractivity contribution in [2.24, 2.45) is 7.05 Å². The molecule has 7 heteroatoms. The van der Waals surface area contributed by atoms with Crippen molar-refractivity contribution in [3.05, 3.63) is 66.0 Å². The molecule has 0 spiro atoms. The molecule has 154 valence electrons. The number of benzene rings is 2. The lowest BCUT2D eigenvalue weighted by Crippen LogP contribution is -2.46. The molecule has 1 saturated carbocycles. The van der Waals surface area contributed by atoms with E-state index in [9.17, 15) is 8.42 Å². The van der Waals surface area contributed by atoms with Crippen LogP contribution in [-0.2, 0) is 17.3 Å². The highest BCUT2D eigenvalue weighted by atomic mass is 32.2. The second-order valence-electron chi connectivity index (χ2n) is 7.79. The van der Waals surface area contributed by atoms with Gasteiger partial charge in [-0.05, 0) is 30.5 Å². The molecule has 3 aromatic rings. The van der Waals surface area contributed by atoms with E-state index < -0.39 is 16.3 Å². The van der Waals surface area contributed by atoms with Crippen LogP contribution >= 0.6 is 0 Å². The number of rotatable bonds is 6. The van der Waals surface area contributed by atoms with Crippen molar-refractivity contribution in [1.82, 2.24) is 18.6 Å². The molecule has 1 atom stereocenters. The van der Waals surface area contributed by atoms with Gasteiger partial charge in [0.15, 0.2) is 0 Å². The molecule has 6 nitrogen and oxygen atoms in total. The van der Waals surface area contributed by atoms with Crippen LogP contribution in [0.2, 0.25) is 0 Å². The van der Waals surface area contributed by atoms with Crippen molar-refractivity contribution < 1.29 is 8.42 Å². The van der Waals surface area contributed by atoms with Crippen LogP contribution in [-0.4, -0.2) is 35.4 Å². The molecule has 0 bridgehead atoms. The molecule has 4 rings (SSSR count). The van der Waals surface area contributed by atoms with E-state index in [1.54, 1.807) is 7.05 Å². The molecule has 0 unspecified atom stereocenters. The van der Waals surface area contributed by atoms with Gasteiger partial charge in [-0.2, -0.15) is 17.4 Å². The van der Waals surface area contributed by atoms with Crippen LogP contribution in [0.1, 0.15) is 49.5 Å². The fourth-order valence-electron chi connectivity index (χ4n) is 4.21. The van der Waals surface area contributed by atoms with Crippen molar-refractivity contribution in [3.63, 3.8) is 0 Å². The van der Waals surface area contributed by atoms with Crippen LogP contribution < -0.4 is 4.72 Å². The highest BCUT2D eigenvalue weighted by molar-refractivity contribution is 7.87. The van der Waals surface area contributed by atoms with E-state index in [2.05, 4.69) is 4.72 Å². The molecule has 1 N–H and O–H groups in total. The minimum absolute atomic E-state index is 0.0538. The van der Waals surface area contributed by atoms with E-state index in [0.717, 1.165) is 42.3 Å². The topological polar surface area (TPSA) is 67.2 Å². The lowest BCUT2D eigenvalue weighted by atomic mass is 9.96. The number of imidazole rings is 1. The molecule has 29 heavy (non-hydrogen) atoms. The average molecular weight is 413 g/mol. The van der Waals surface area contributed by atoms with Gasteiger partial charge >= 0.3 is 0 Å². The summed E-state index contributed by atoms with van der Waals surface area (Å²) in [5.41, 5.74) is 2.69. The Morgan fingerprint density at radius 1 is 1.03 bits per heavy atom. The van der Waals surface area contributed by atoms with Gasteiger partial charge in [0, 0.05) is 20.1 Å². The second kappa shape index (κ2) is 8.26. The van der Waals surface area contributed by atoms with Gasteiger partial charge in [-0.25, -0.2) is 4.98 Å². The van der Waals surface area contributed by atoms with Crippen LogP contribution in [0.5, 0.6) is 0 Å². The number of nitrogens with zero attached hydrogens (tertiary/aromatic N) is 3. The second-order valence-corrected chi connectivity index (χ2v) is 9.55. The molecule has 0 aliphatic heterocycles. The summed E-state index contributed by atoms with van der Waals surface area (Å²) in [7, 11) is -0.0595. The van der Waals surface area contributed by atoms with Crippen LogP contribution in [0.15, 0.2) is 54.6 Å². The highest BCUT2D eigenvalue weighted by Crippen LogP contribution is 2.28. The molecular weight excluding hydrogens is 384 g/mol. The quantitative estimate of drug-likeness (QED) is 0.670. The van der Waals surface area contributed by atoms with Gasteiger partial charge in [-0.3, -0.25) is 0 Å². The Kier molecular flexibility index (Phi) is 5.72. The monoisotopic (exact) mass is 412 g/mol. The number of aryl methyl sites for hydroxylation is 1. The first-order chi connectivity index (χ1) is 14.0. The minimum Gasteiger partial charge on any atom is -0.329 e. The third kappa shape index (κ3) is 4.08. The number of fused-ring (bicyclic) bond motifs is 1. The zero-order chi connectivity index (χ0) is 20.4. The molecule has 0 radical (unpaired) electrons. The minimum atomic E-state index is -3.68. The van der Waals surface area contributed by atoms with Crippen molar-refractivity contribution >= 4 is 21.2 Å². The first-order valence-corrected chi connectivity index (χ1v) is 11.6. The Morgan fingerprint density at radius 2 is 1.69 bits per heavy atom. The molecule has 1 aliphatic carbocycles. The molecule has 1 aromatic heterocycles. The Hall–Kier alpha value is -2.22. The van der Waals surface area contributed by atoms with Gasteiger partial charge in [0.25, 0.3) is 10.2 Å². The summed E-state index contributed by atoms with van der Waals surface area (Å²) < 4.78 is 33.0. The maximum Gasteiger partial charge on any atom is 0.280 e. The van der Waals surface area contributed by atoms with Gasteiger partial charge in [0.2, 0.25) is 0 Å². The Morgan fingerprint density at radius 3 is 2.38 bits per heavy atom. The molecule has 1 aliphatic rings. The number of para-hydroxylation sites is 2. The van der Waals surface area contributed by atoms with Crippen LogP contribution in [0.3, 0.4) is 0 Å². The molecule has 0 saturated heterocycles. The van der Waals surface area contributed by atoms with Crippen LogP contribution in [0.4, 0.5) is 0 Å². The lowest BCUT2D eigenvalue weighted by Gasteiger charge is -2.31. The fraction of sp³-hybridized carbons (Fsp3) is 0.409. The van der Waals surface area contributed by atoms with Crippen LogP contribution in [0, 0.1) is 0 Å². The standard InChI is InChI=1S/C22H28N4O2S/c1-25-20-16-10-9-15-19(20)23-22(25)21(17-11-5-3-6-12-17)24-29(27,28)26(2)18-13-7-4-8-14-18/h3,5-6,9-12,15-16,18,21,24H,4,7-8,13-14H2,1-2H3/t21-/m0/s1. The first-order valence-electron chi connectivity index (χ1n) is 10.2. The Labute approximate surface area is 172 Å². The smallest absolute Gasteiger partial charge is 0.280 e. The maximum atomic E-state index is 13.3. The van der Waals surface area contributed by atoms with E-state index in [0.29, 0.717) is 5.82 Å². The molecular formula is C22H28N4O2S. The van der Waals surface area contributed by atoms with E-state index in [4.69, 9.17) is 4.98 Å². The third-order valence-electron chi connectivity index (χ3n) is 5.95. The molecule has 1 heterocycles. The first kappa shape index (κ1) is 20.1. The van der Waals surface area contributed by atoms with E-state index in [1.165, 1.54) is 10.7 Å². The summed E-state index contributed by atoms with van der Waals surface area (Å²) in [5.74, 6) is 0.679. The van der Waals surface area contributed by atoms with Gasteiger partial charge in [-0.15, -0.1) is 0 Å². The maximum absolute atomic E-state index is 13.3. The summed E-state index contributed by atoms with van der Waals surface area (Å²) in [6.07, 6.45) is 5.18. The van der Waals surface area contributed by atoms with Crippen molar-refractivity contribution in [1.29, 1.82) is 0 Å². The van der Waals surface area contributed by atoms with E-state index in [1.807, 2.05) is 66.2 Å². The Balaban J connectivity index is 1.72. The lowest BCUT2D eigenvalue weighted by molar-refractivity contribution is 0.282. The number of hydrogen-bond acceptors (Lipinski definition) is 3. The third-order valence-corrected chi connectivity index (χ3v) is 7.54. The SMILES string of the molecule is CN(C1CCCCC1)S(=O)(=O)N[C@@H](c1ccccc1)c1nc2ccccc2n1C. The summed E-state index contributed by atoms with van der Waals surface area (Å²) in [4.78, 5) is 4.76. The summed E-state index contributed by atoms with van der Waals surface area (Å²) >= 11 is 0. The van der Waals surface area contributed by atoms with E-state index >= 15 is 0 Å². The molecule has 2 aromatic carbocycles. The number of hydrogen-bond donors (Lipinski definition) is 1. The van der Waals surface area contributed by atoms with Crippen molar-refractivity contribution in [3.8, 4) is 0 Å².